The van der Waals surface area contributed by atoms with E-state index in [0.29, 0.717) is 12.5 Å². The molecule has 0 saturated heterocycles. The average Bonchev–Trinajstić information content (AvgIpc) is 2.56. The Morgan fingerprint density at radius 1 is 1.13 bits per heavy atom. The lowest BCUT2D eigenvalue weighted by Crippen LogP contribution is -2.50. The zero-order valence-corrected chi connectivity index (χ0v) is 15.1. The molecular formula is C19H21BrN2O. The van der Waals surface area contributed by atoms with Gasteiger partial charge in [-0.25, -0.2) is 0 Å². The zero-order chi connectivity index (χ0) is 16.4. The smallest absolute Gasteiger partial charge is 0.231 e. The van der Waals surface area contributed by atoms with Crippen LogP contribution in [0, 0.1) is 0 Å². The first-order valence-electron chi connectivity index (χ1n) is 8.00. The molecule has 0 aliphatic carbocycles. The van der Waals surface area contributed by atoms with Crippen LogP contribution in [-0.2, 0) is 11.2 Å². The molecule has 1 aliphatic rings. The highest BCUT2D eigenvalue weighted by atomic mass is 79.9. The third-order valence-electron chi connectivity index (χ3n) is 4.37. The second-order valence-electron chi connectivity index (χ2n) is 5.93. The molecule has 23 heavy (non-hydrogen) atoms. The summed E-state index contributed by atoms with van der Waals surface area (Å²) in [6.07, 6.45) is 0.431. The molecule has 0 radical (unpaired) electrons. The Balaban J connectivity index is 1.87. The summed E-state index contributed by atoms with van der Waals surface area (Å²) in [5.41, 5.74) is 3.22. The molecule has 1 atom stereocenters. The van der Waals surface area contributed by atoms with Crippen LogP contribution >= 0.6 is 15.9 Å². The first kappa shape index (κ1) is 16.1. The van der Waals surface area contributed by atoms with E-state index in [2.05, 4.69) is 40.7 Å². The van der Waals surface area contributed by atoms with Gasteiger partial charge in [-0.2, -0.15) is 0 Å². The first-order valence-corrected chi connectivity index (χ1v) is 8.80. The second kappa shape index (κ2) is 6.75. The van der Waals surface area contributed by atoms with E-state index in [1.165, 1.54) is 0 Å². The largest absolute Gasteiger partial charge is 0.366 e. The number of likely N-dealkylation sites (N-methyl/N-ethyl adjacent to an activating group) is 1. The molecule has 0 bridgehead atoms. The van der Waals surface area contributed by atoms with Gasteiger partial charge in [-0.1, -0.05) is 40.2 Å². The zero-order valence-electron chi connectivity index (χ0n) is 13.5. The van der Waals surface area contributed by atoms with Gasteiger partial charge in [-0.05, 0) is 43.7 Å². The number of hydrogen-bond donors (Lipinski definition) is 0. The van der Waals surface area contributed by atoms with Gasteiger partial charge in [0.1, 0.15) is 0 Å². The molecule has 0 spiro atoms. The highest BCUT2D eigenvalue weighted by molar-refractivity contribution is 9.10. The van der Waals surface area contributed by atoms with Crippen LogP contribution in [-0.4, -0.2) is 25.0 Å². The molecule has 3 rings (SSSR count). The van der Waals surface area contributed by atoms with Crippen LogP contribution in [0.3, 0.4) is 0 Å². The van der Waals surface area contributed by atoms with Crippen molar-refractivity contribution < 1.29 is 4.79 Å². The lowest BCUT2D eigenvalue weighted by molar-refractivity contribution is -0.118. The molecule has 0 N–H and O–H groups in total. The molecule has 0 saturated carbocycles. The molecule has 0 fully saturated rings. The molecule has 1 aliphatic heterocycles. The number of amides is 1. The summed E-state index contributed by atoms with van der Waals surface area (Å²) >= 11 is 3.43. The molecule has 1 amide bonds. The Morgan fingerprint density at radius 2 is 1.78 bits per heavy atom. The van der Waals surface area contributed by atoms with Crippen LogP contribution in [0.15, 0.2) is 53.0 Å². The van der Waals surface area contributed by atoms with E-state index in [1.54, 1.807) is 0 Å². The molecule has 1 heterocycles. The van der Waals surface area contributed by atoms with Crippen molar-refractivity contribution in [3.8, 4) is 0 Å². The summed E-state index contributed by atoms with van der Waals surface area (Å²) in [4.78, 5) is 17.1. The molecule has 1 unspecified atom stereocenters. The van der Waals surface area contributed by atoms with Crippen molar-refractivity contribution in [2.75, 3.05) is 22.9 Å². The predicted octanol–water partition coefficient (Wildman–Crippen LogP) is 4.25. The Kier molecular flexibility index (Phi) is 4.71. The quantitative estimate of drug-likeness (QED) is 0.803. The Labute approximate surface area is 146 Å². The fourth-order valence-electron chi connectivity index (χ4n) is 3.22. The SMILES string of the molecule is CCN1c2ccccc2N(C(=O)Cc2ccc(Br)cc2)CC1C. The van der Waals surface area contributed by atoms with Gasteiger partial charge in [0.2, 0.25) is 5.91 Å². The summed E-state index contributed by atoms with van der Waals surface area (Å²) in [6.45, 7) is 6.03. The molecule has 3 nitrogen and oxygen atoms in total. The molecule has 0 aromatic heterocycles. The van der Waals surface area contributed by atoms with Crippen LogP contribution in [0.5, 0.6) is 0 Å². The molecule has 4 heteroatoms. The number of halogens is 1. The second-order valence-corrected chi connectivity index (χ2v) is 6.85. The van der Waals surface area contributed by atoms with Gasteiger partial charge >= 0.3 is 0 Å². The van der Waals surface area contributed by atoms with Gasteiger partial charge < -0.3 is 9.80 Å². The third kappa shape index (κ3) is 3.27. The van der Waals surface area contributed by atoms with Gasteiger partial charge in [0.05, 0.1) is 17.8 Å². The fraction of sp³-hybridized carbons (Fsp3) is 0.316. The van der Waals surface area contributed by atoms with Crippen molar-refractivity contribution >= 4 is 33.2 Å². The number of carbonyl (C=O) groups excluding carboxylic acids is 1. The Bertz CT molecular complexity index is 699. The van der Waals surface area contributed by atoms with Crippen molar-refractivity contribution in [3.63, 3.8) is 0 Å². The standard InChI is InChI=1S/C19H21BrN2O/c1-3-21-14(2)13-22(18-7-5-4-6-17(18)21)19(23)12-15-8-10-16(20)11-9-15/h4-11,14H,3,12-13H2,1-2H3. The van der Waals surface area contributed by atoms with E-state index in [0.717, 1.165) is 34.5 Å². The average molecular weight is 373 g/mol. The predicted molar refractivity (Wildman–Crippen MR) is 99.1 cm³/mol. The molecular weight excluding hydrogens is 352 g/mol. The van der Waals surface area contributed by atoms with Crippen LogP contribution in [0.2, 0.25) is 0 Å². The fourth-order valence-corrected chi connectivity index (χ4v) is 3.49. The molecule has 2 aromatic carbocycles. The van der Waals surface area contributed by atoms with Crippen molar-refractivity contribution in [1.29, 1.82) is 0 Å². The van der Waals surface area contributed by atoms with Gasteiger partial charge in [0.15, 0.2) is 0 Å². The number of benzene rings is 2. The number of nitrogens with zero attached hydrogens (tertiary/aromatic N) is 2. The minimum atomic E-state index is 0.155. The molecule has 2 aromatic rings. The topological polar surface area (TPSA) is 23.6 Å². The minimum absolute atomic E-state index is 0.155. The molecule has 120 valence electrons. The van der Waals surface area contributed by atoms with E-state index in [-0.39, 0.29) is 5.91 Å². The van der Waals surface area contributed by atoms with E-state index in [9.17, 15) is 4.79 Å². The van der Waals surface area contributed by atoms with Crippen molar-refractivity contribution in [1.82, 2.24) is 0 Å². The van der Waals surface area contributed by atoms with E-state index in [4.69, 9.17) is 0 Å². The lowest BCUT2D eigenvalue weighted by atomic mass is 10.1. The number of para-hydroxylation sites is 2. The van der Waals surface area contributed by atoms with Crippen LogP contribution in [0.1, 0.15) is 19.4 Å². The van der Waals surface area contributed by atoms with Gasteiger partial charge in [-0.3, -0.25) is 4.79 Å². The highest BCUT2D eigenvalue weighted by Gasteiger charge is 2.30. The Hall–Kier alpha value is -1.81. The monoisotopic (exact) mass is 372 g/mol. The minimum Gasteiger partial charge on any atom is -0.366 e. The van der Waals surface area contributed by atoms with Gasteiger partial charge in [-0.15, -0.1) is 0 Å². The highest BCUT2D eigenvalue weighted by Crippen LogP contribution is 2.35. The van der Waals surface area contributed by atoms with E-state index in [1.807, 2.05) is 47.4 Å². The Morgan fingerprint density at radius 3 is 2.43 bits per heavy atom. The summed E-state index contributed by atoms with van der Waals surface area (Å²) in [5.74, 6) is 0.155. The first-order chi connectivity index (χ1) is 11.1. The number of carbonyl (C=O) groups is 1. The summed E-state index contributed by atoms with van der Waals surface area (Å²) in [7, 11) is 0. The lowest BCUT2D eigenvalue weighted by Gasteiger charge is -2.42. The van der Waals surface area contributed by atoms with Crippen molar-refractivity contribution in [2.45, 2.75) is 26.3 Å². The normalized spacial score (nSPS) is 17.1. The maximum absolute atomic E-state index is 12.9. The van der Waals surface area contributed by atoms with Gasteiger partial charge in [0, 0.05) is 23.6 Å². The van der Waals surface area contributed by atoms with Crippen molar-refractivity contribution in [2.24, 2.45) is 0 Å². The maximum Gasteiger partial charge on any atom is 0.231 e. The van der Waals surface area contributed by atoms with Crippen molar-refractivity contribution in [3.05, 3.63) is 58.6 Å². The summed E-state index contributed by atoms with van der Waals surface area (Å²) in [5, 5.41) is 0. The number of fused-ring (bicyclic) bond motifs is 1. The summed E-state index contributed by atoms with van der Waals surface area (Å²) in [6, 6.07) is 16.5. The van der Waals surface area contributed by atoms with Crippen LogP contribution < -0.4 is 9.80 Å². The number of rotatable bonds is 3. The van der Waals surface area contributed by atoms with Crippen LogP contribution in [0.25, 0.3) is 0 Å². The van der Waals surface area contributed by atoms with Gasteiger partial charge in [0.25, 0.3) is 0 Å². The third-order valence-corrected chi connectivity index (χ3v) is 4.90. The number of hydrogen-bond acceptors (Lipinski definition) is 2. The maximum atomic E-state index is 12.9. The van der Waals surface area contributed by atoms with E-state index >= 15 is 0 Å². The number of anilines is 2. The van der Waals surface area contributed by atoms with Crippen LogP contribution in [0.4, 0.5) is 11.4 Å². The summed E-state index contributed by atoms with van der Waals surface area (Å²) < 4.78 is 1.03. The van der Waals surface area contributed by atoms with E-state index < -0.39 is 0 Å².